The van der Waals surface area contributed by atoms with Crippen LogP contribution < -0.4 is 14.9 Å². The molecule has 1 amide bonds. The first-order chi connectivity index (χ1) is 28.0. The summed E-state index contributed by atoms with van der Waals surface area (Å²) >= 11 is 0. The van der Waals surface area contributed by atoms with Crippen molar-refractivity contribution >= 4 is 33.0 Å². The lowest BCUT2D eigenvalue weighted by Gasteiger charge is -2.41. The van der Waals surface area contributed by atoms with Gasteiger partial charge in [-0.3, -0.25) is 19.8 Å². The maximum atomic E-state index is 13.7. The van der Waals surface area contributed by atoms with E-state index < -0.39 is 33.2 Å². The van der Waals surface area contributed by atoms with Crippen LogP contribution in [0.1, 0.15) is 46.6 Å². The Hall–Kier alpha value is -5.48. The maximum absolute atomic E-state index is 13.7. The van der Waals surface area contributed by atoms with Crippen molar-refractivity contribution in [1.82, 2.24) is 9.62 Å². The monoisotopic (exact) mass is 805 g/mol. The highest BCUT2D eigenvalue weighted by Gasteiger charge is 2.34. The number of nitrogens with one attached hydrogen (secondary N) is 2. The molecule has 14 heteroatoms. The smallest absolute Gasteiger partial charge is 0.269 e. The van der Waals surface area contributed by atoms with Gasteiger partial charge in [0.1, 0.15) is 6.04 Å². The van der Waals surface area contributed by atoms with E-state index in [1.807, 2.05) is 73.7 Å². The standard InChI is InChI=1S/C44H47N5O8S/c1-31-7-21-40(22-8-31)58(54,55)46-41(27-32-5-3-2-4-6-32)43(51)45-36-15-13-35(14-16-36)44-56-39(28-42(57-44)34-11-9-33(30-50)10-12-34)29-47-23-25-48(26-24-47)37-17-19-38(20-18-37)49(52)53/h2-22,39,41-42,44,46,50H,23-30H2,1H3,(H,45,51)/t39-,41-,42+,44+/m1/s1. The van der Waals surface area contributed by atoms with E-state index in [0.29, 0.717) is 18.7 Å². The largest absolute Gasteiger partial charge is 0.392 e. The first-order valence-corrected chi connectivity index (χ1v) is 20.8. The molecule has 2 heterocycles. The molecule has 5 aromatic carbocycles. The Bertz CT molecular complexity index is 2250. The van der Waals surface area contributed by atoms with Gasteiger partial charge in [-0.05, 0) is 66.4 Å². The number of ether oxygens (including phenoxy) is 2. The second-order valence-electron chi connectivity index (χ2n) is 14.7. The van der Waals surface area contributed by atoms with Gasteiger partial charge in [0.25, 0.3) is 5.69 Å². The highest BCUT2D eigenvalue weighted by molar-refractivity contribution is 7.89. The zero-order valence-electron chi connectivity index (χ0n) is 32.1. The molecule has 0 radical (unpaired) electrons. The molecule has 4 atom stereocenters. The van der Waals surface area contributed by atoms with Gasteiger partial charge >= 0.3 is 0 Å². The third-order valence-corrected chi connectivity index (χ3v) is 12.0. The number of aliphatic hydroxyl groups excluding tert-OH is 1. The Morgan fingerprint density at radius 3 is 2.12 bits per heavy atom. The van der Waals surface area contributed by atoms with Crippen molar-refractivity contribution in [2.75, 3.05) is 42.9 Å². The lowest BCUT2D eigenvalue weighted by atomic mass is 9.99. The molecule has 0 spiro atoms. The minimum Gasteiger partial charge on any atom is -0.392 e. The number of carbonyl (C=O) groups excluding carboxylic acids is 1. The lowest BCUT2D eigenvalue weighted by molar-refractivity contribution is -0.384. The number of nitro benzene ring substituents is 1. The van der Waals surface area contributed by atoms with Crippen molar-refractivity contribution < 1.29 is 32.7 Å². The molecule has 0 aliphatic carbocycles. The van der Waals surface area contributed by atoms with Crippen LogP contribution in [0.3, 0.4) is 0 Å². The molecule has 0 aromatic heterocycles. The van der Waals surface area contributed by atoms with Gasteiger partial charge in [0.15, 0.2) is 6.29 Å². The summed E-state index contributed by atoms with van der Waals surface area (Å²) in [4.78, 5) is 29.1. The molecule has 58 heavy (non-hydrogen) atoms. The third kappa shape index (κ3) is 10.3. The number of benzene rings is 5. The Morgan fingerprint density at radius 1 is 0.828 bits per heavy atom. The van der Waals surface area contributed by atoms with Crippen LogP contribution in [0.15, 0.2) is 132 Å². The van der Waals surface area contributed by atoms with Gasteiger partial charge in [-0.2, -0.15) is 4.72 Å². The van der Waals surface area contributed by atoms with Crippen molar-refractivity contribution in [3.05, 3.63) is 165 Å². The molecule has 2 fully saturated rings. The molecule has 0 unspecified atom stereocenters. The number of hydrogen-bond acceptors (Lipinski definition) is 10. The summed E-state index contributed by atoms with van der Waals surface area (Å²) in [6, 6.07) is 36.2. The SMILES string of the molecule is Cc1ccc(S(=O)(=O)N[C@H](Cc2ccccc2)C(=O)Nc2ccc([C@H]3O[C@@H](CN4CCN(c5ccc([N+](=O)[O-])cc5)CC4)C[C@@H](c4ccc(CO)cc4)O3)cc2)cc1. The fraction of sp³-hybridized carbons (Fsp3) is 0.295. The van der Waals surface area contributed by atoms with Crippen LogP contribution in [0.25, 0.3) is 0 Å². The molecule has 0 bridgehead atoms. The van der Waals surface area contributed by atoms with Gasteiger partial charge in [-0.25, -0.2) is 8.42 Å². The van der Waals surface area contributed by atoms with Crippen molar-refractivity contribution in [2.45, 2.75) is 55.8 Å². The Balaban J connectivity index is 1.03. The quantitative estimate of drug-likeness (QED) is 0.0859. The molecule has 2 aliphatic heterocycles. The van der Waals surface area contributed by atoms with Crippen molar-refractivity contribution in [3.8, 4) is 0 Å². The van der Waals surface area contributed by atoms with Crippen molar-refractivity contribution in [1.29, 1.82) is 0 Å². The minimum absolute atomic E-state index is 0.0550. The first kappa shape index (κ1) is 40.7. The minimum atomic E-state index is -4.01. The summed E-state index contributed by atoms with van der Waals surface area (Å²) in [7, 11) is -4.01. The average Bonchev–Trinajstić information content (AvgIpc) is 3.24. The number of sulfonamides is 1. The summed E-state index contributed by atoms with van der Waals surface area (Å²) in [5.74, 6) is -0.502. The molecule has 3 N–H and O–H groups in total. The number of amides is 1. The van der Waals surface area contributed by atoms with Crippen LogP contribution in [-0.4, -0.2) is 74.1 Å². The van der Waals surface area contributed by atoms with E-state index in [4.69, 9.17) is 9.47 Å². The molecule has 13 nitrogen and oxygen atoms in total. The van der Waals surface area contributed by atoms with E-state index >= 15 is 0 Å². The average molecular weight is 806 g/mol. The summed E-state index contributed by atoms with van der Waals surface area (Å²) < 4.78 is 42.5. The number of hydrogen-bond donors (Lipinski definition) is 3. The predicted octanol–water partition coefficient (Wildman–Crippen LogP) is 6.29. The van der Waals surface area contributed by atoms with E-state index in [9.17, 15) is 28.4 Å². The summed E-state index contributed by atoms with van der Waals surface area (Å²) in [5.41, 5.74) is 5.76. The Morgan fingerprint density at radius 2 is 1.48 bits per heavy atom. The predicted molar refractivity (Wildman–Crippen MR) is 221 cm³/mol. The second-order valence-corrected chi connectivity index (χ2v) is 16.4. The number of aliphatic hydroxyl groups is 1. The highest BCUT2D eigenvalue weighted by atomic mass is 32.2. The van der Waals surface area contributed by atoms with E-state index in [0.717, 1.165) is 59.7 Å². The van der Waals surface area contributed by atoms with Crippen molar-refractivity contribution in [2.24, 2.45) is 0 Å². The molecule has 2 saturated heterocycles. The molecular weight excluding hydrogens is 759 g/mol. The van der Waals surface area contributed by atoms with Gasteiger partial charge in [0.2, 0.25) is 15.9 Å². The van der Waals surface area contributed by atoms with Gasteiger partial charge in [0, 0.05) is 68.2 Å². The fourth-order valence-electron chi connectivity index (χ4n) is 7.26. The van der Waals surface area contributed by atoms with Gasteiger partial charge in [-0.1, -0.05) is 84.4 Å². The number of aryl methyl sites for hydroxylation is 1. The first-order valence-electron chi connectivity index (χ1n) is 19.3. The molecule has 302 valence electrons. The van der Waals surface area contributed by atoms with Crippen LogP contribution in [0.4, 0.5) is 17.1 Å². The fourth-order valence-corrected chi connectivity index (χ4v) is 8.45. The van der Waals surface area contributed by atoms with Crippen LogP contribution >= 0.6 is 0 Å². The maximum Gasteiger partial charge on any atom is 0.269 e. The normalized spacial score (nSPS) is 19.3. The van der Waals surface area contributed by atoms with E-state index in [1.165, 1.54) is 24.3 Å². The number of nitrogens with zero attached hydrogens (tertiary/aromatic N) is 3. The van der Waals surface area contributed by atoms with Crippen molar-refractivity contribution in [3.63, 3.8) is 0 Å². The number of carbonyl (C=O) groups is 1. The number of anilines is 2. The Kier molecular flexibility index (Phi) is 12.9. The number of nitro groups is 1. The zero-order chi connectivity index (χ0) is 40.6. The van der Waals surface area contributed by atoms with Gasteiger partial charge in [0.05, 0.1) is 28.6 Å². The van der Waals surface area contributed by atoms with Gasteiger partial charge < -0.3 is 24.8 Å². The van der Waals surface area contributed by atoms with Crippen LogP contribution in [0.5, 0.6) is 0 Å². The molecule has 5 aromatic rings. The summed E-state index contributed by atoms with van der Waals surface area (Å²) in [5, 5.41) is 23.6. The molecule has 7 rings (SSSR count). The zero-order valence-corrected chi connectivity index (χ0v) is 33.0. The summed E-state index contributed by atoms with van der Waals surface area (Å²) in [6.07, 6.45) is -0.398. The van der Waals surface area contributed by atoms with E-state index in [1.54, 1.807) is 36.4 Å². The third-order valence-electron chi connectivity index (χ3n) is 10.6. The van der Waals surface area contributed by atoms with Crippen LogP contribution in [0.2, 0.25) is 0 Å². The van der Waals surface area contributed by atoms with Gasteiger partial charge in [-0.15, -0.1) is 0 Å². The second kappa shape index (κ2) is 18.4. The topological polar surface area (TPSA) is 164 Å². The Labute approximate surface area is 338 Å². The molecule has 2 aliphatic rings. The van der Waals surface area contributed by atoms with Crippen LogP contribution in [0, 0.1) is 17.0 Å². The molecular formula is C44H47N5O8S. The number of rotatable bonds is 14. The summed E-state index contributed by atoms with van der Waals surface area (Å²) in [6.45, 7) is 5.61. The van der Waals surface area contributed by atoms with E-state index in [-0.39, 0.29) is 35.8 Å². The van der Waals surface area contributed by atoms with Crippen LogP contribution in [-0.2, 0) is 37.3 Å². The number of piperazine rings is 1. The lowest BCUT2D eigenvalue weighted by Crippen LogP contribution is -2.49. The van der Waals surface area contributed by atoms with E-state index in [2.05, 4.69) is 19.8 Å². The molecule has 0 saturated carbocycles. The highest BCUT2D eigenvalue weighted by Crippen LogP contribution is 2.38. The number of non-ortho nitro benzene ring substituents is 1.